The van der Waals surface area contributed by atoms with E-state index < -0.39 is 23.0 Å². The average Bonchev–Trinajstić information content (AvgIpc) is 2.63. The summed E-state index contributed by atoms with van der Waals surface area (Å²) in [6.45, 7) is 1.58. The molecule has 0 atom stereocenters. The minimum atomic E-state index is -4.55. The van der Waals surface area contributed by atoms with Crippen molar-refractivity contribution in [1.29, 1.82) is 0 Å². The number of alkyl halides is 3. The molecule has 0 saturated carbocycles. The van der Waals surface area contributed by atoms with Crippen molar-refractivity contribution in [2.24, 2.45) is 0 Å². The van der Waals surface area contributed by atoms with Crippen molar-refractivity contribution in [3.63, 3.8) is 0 Å². The first-order valence-corrected chi connectivity index (χ1v) is 9.18. The molecule has 1 aromatic rings. The Bertz CT molecular complexity index is 1130. The van der Waals surface area contributed by atoms with E-state index in [9.17, 15) is 27.6 Å². The van der Waals surface area contributed by atoms with Crippen molar-refractivity contribution in [3.05, 3.63) is 44.1 Å². The van der Waals surface area contributed by atoms with E-state index in [0.29, 0.717) is 12.8 Å². The molecule has 0 saturated heterocycles. The summed E-state index contributed by atoms with van der Waals surface area (Å²) in [6.07, 6.45) is -0.428. The summed E-state index contributed by atoms with van der Waals surface area (Å²) in [5, 5.41) is 0. The number of benzene rings is 1. The highest BCUT2D eigenvalue weighted by Gasteiger charge is 2.33. The second-order valence-electron chi connectivity index (χ2n) is 6.83. The molecular weight excluding hydrogens is 389 g/mol. The zero-order chi connectivity index (χ0) is 21.2. The molecule has 0 unspecified atom stereocenters. The van der Waals surface area contributed by atoms with Crippen molar-refractivity contribution in [2.45, 2.75) is 51.7 Å². The van der Waals surface area contributed by atoms with Crippen LogP contribution in [0.25, 0.3) is 22.6 Å². The number of halogens is 3. The maximum atomic E-state index is 13.4. The number of hydrogen-bond acceptors (Lipinski definition) is 5. The number of aromatic nitrogens is 4. The number of hydrogen-bond donors (Lipinski definition) is 1. The minimum absolute atomic E-state index is 0.0119. The monoisotopic (exact) mass is 408 g/mol. The molecule has 0 spiro atoms. The standard InChI is InChI=1S/C19H19F3N4O3/c1-11-9-13-14(10-12(11)19(20,21)22)26(7-5-3-2-4-6-8-27)16-15(23-13)17(28)25-18(29)24-16/h8-10H,2-7H2,1H3,(H,25,28,29). The minimum Gasteiger partial charge on any atom is -0.322 e. The Hall–Kier alpha value is -3.04. The number of carbonyl (C=O) groups is 1. The molecule has 29 heavy (non-hydrogen) atoms. The molecule has 1 N–H and O–H groups in total. The highest BCUT2D eigenvalue weighted by atomic mass is 19.4. The van der Waals surface area contributed by atoms with Crippen molar-refractivity contribution < 1.29 is 18.0 Å². The summed E-state index contributed by atoms with van der Waals surface area (Å²) in [4.78, 5) is 44.2. The predicted molar refractivity (Wildman–Crippen MR) is 99.9 cm³/mol. The van der Waals surface area contributed by atoms with Crippen LogP contribution in [0.3, 0.4) is 0 Å². The van der Waals surface area contributed by atoms with Gasteiger partial charge in [-0.25, -0.2) is 9.78 Å². The highest BCUT2D eigenvalue weighted by Crippen LogP contribution is 2.35. The van der Waals surface area contributed by atoms with Gasteiger partial charge in [-0.15, -0.1) is 0 Å². The van der Waals surface area contributed by atoms with Crippen LogP contribution in [-0.4, -0.2) is 25.8 Å². The highest BCUT2D eigenvalue weighted by molar-refractivity contribution is 5.81. The zero-order valence-electron chi connectivity index (χ0n) is 15.7. The van der Waals surface area contributed by atoms with Gasteiger partial charge in [0.25, 0.3) is 5.56 Å². The summed E-state index contributed by atoms with van der Waals surface area (Å²) < 4.78 is 41.6. The lowest BCUT2D eigenvalue weighted by Gasteiger charge is -2.19. The normalized spacial score (nSPS) is 12.0. The van der Waals surface area contributed by atoms with Gasteiger partial charge in [-0.3, -0.25) is 9.78 Å². The number of nitrogens with one attached hydrogen (secondary N) is 1. The SMILES string of the molecule is Cc1cc2nc3c(=O)[nH]c(=O)nc-3n(CCCCCCC=O)c2cc1C(F)(F)F. The van der Waals surface area contributed by atoms with Crippen LogP contribution in [0.2, 0.25) is 0 Å². The first kappa shape index (κ1) is 20.7. The smallest absolute Gasteiger partial charge is 0.322 e. The van der Waals surface area contributed by atoms with Gasteiger partial charge in [0.1, 0.15) is 6.29 Å². The van der Waals surface area contributed by atoms with Crippen molar-refractivity contribution >= 4 is 17.3 Å². The molecule has 2 aliphatic rings. The topological polar surface area (TPSA) is 97.7 Å². The molecule has 7 nitrogen and oxygen atoms in total. The molecule has 0 amide bonds. The number of H-pyrrole nitrogens is 1. The fourth-order valence-electron chi connectivity index (χ4n) is 3.33. The van der Waals surface area contributed by atoms with Gasteiger partial charge in [-0.1, -0.05) is 12.8 Å². The van der Waals surface area contributed by atoms with Gasteiger partial charge in [0.15, 0.2) is 11.5 Å². The van der Waals surface area contributed by atoms with E-state index in [0.717, 1.165) is 31.6 Å². The number of unbranched alkanes of at least 4 members (excludes halogenated alkanes) is 4. The lowest BCUT2D eigenvalue weighted by molar-refractivity contribution is -0.138. The largest absolute Gasteiger partial charge is 0.416 e. The summed E-state index contributed by atoms with van der Waals surface area (Å²) >= 11 is 0. The molecule has 2 aliphatic heterocycles. The number of nitrogens with zero attached hydrogens (tertiary/aromatic N) is 3. The fourth-order valence-corrected chi connectivity index (χ4v) is 3.33. The molecule has 0 bridgehead atoms. The van der Waals surface area contributed by atoms with Gasteiger partial charge in [-0.05, 0) is 37.5 Å². The first-order chi connectivity index (χ1) is 13.7. The maximum Gasteiger partial charge on any atom is 0.416 e. The van der Waals surface area contributed by atoms with Gasteiger partial charge in [-0.2, -0.15) is 18.2 Å². The van der Waals surface area contributed by atoms with Crippen molar-refractivity contribution in [2.75, 3.05) is 0 Å². The predicted octanol–water partition coefficient (Wildman–Crippen LogP) is 3.06. The van der Waals surface area contributed by atoms with Crippen LogP contribution in [0.15, 0.2) is 21.7 Å². The Labute approximate surface area is 163 Å². The van der Waals surface area contributed by atoms with Gasteiger partial charge in [0.05, 0.1) is 16.6 Å². The molecule has 10 heteroatoms. The number of aromatic amines is 1. The van der Waals surface area contributed by atoms with E-state index >= 15 is 0 Å². The third kappa shape index (κ3) is 4.36. The van der Waals surface area contributed by atoms with Gasteiger partial charge < -0.3 is 9.36 Å². The molecule has 0 aliphatic carbocycles. The summed E-state index contributed by atoms with van der Waals surface area (Å²) in [7, 11) is 0. The van der Waals surface area contributed by atoms with Crippen molar-refractivity contribution in [1.82, 2.24) is 19.5 Å². The van der Waals surface area contributed by atoms with E-state index in [-0.39, 0.29) is 34.7 Å². The molecule has 3 rings (SSSR count). The van der Waals surface area contributed by atoms with Crippen LogP contribution < -0.4 is 11.2 Å². The summed E-state index contributed by atoms with van der Waals surface area (Å²) in [5.74, 6) is -0.0453. The summed E-state index contributed by atoms with van der Waals surface area (Å²) in [6, 6.07) is 2.26. The molecule has 2 heterocycles. The molecule has 154 valence electrons. The Balaban J connectivity index is 2.15. The van der Waals surface area contributed by atoms with Crippen LogP contribution in [-0.2, 0) is 17.5 Å². The van der Waals surface area contributed by atoms with E-state index in [2.05, 4.69) is 9.97 Å². The molecule has 1 aromatic carbocycles. The molecular formula is C19H19F3N4O3. The lowest BCUT2D eigenvalue weighted by atomic mass is 10.1. The van der Waals surface area contributed by atoms with Crippen LogP contribution in [0, 0.1) is 6.92 Å². The lowest BCUT2D eigenvalue weighted by Crippen LogP contribution is -2.29. The molecule has 0 radical (unpaired) electrons. The van der Waals surface area contributed by atoms with Crippen LogP contribution >= 0.6 is 0 Å². The fraction of sp³-hybridized carbons (Fsp3) is 0.421. The van der Waals surface area contributed by atoms with Gasteiger partial charge in [0.2, 0.25) is 0 Å². The summed E-state index contributed by atoms with van der Waals surface area (Å²) in [5.41, 5.74) is -2.17. The first-order valence-electron chi connectivity index (χ1n) is 9.18. The van der Waals surface area contributed by atoms with Crippen LogP contribution in [0.4, 0.5) is 13.2 Å². The maximum absolute atomic E-state index is 13.4. The second kappa shape index (κ2) is 8.14. The number of aryl methyl sites for hydroxylation is 2. The van der Waals surface area contributed by atoms with Crippen LogP contribution in [0.5, 0.6) is 0 Å². The Morgan fingerprint density at radius 2 is 1.83 bits per heavy atom. The van der Waals surface area contributed by atoms with Gasteiger partial charge >= 0.3 is 11.9 Å². The number of fused-ring (bicyclic) bond motifs is 2. The van der Waals surface area contributed by atoms with E-state index in [1.807, 2.05) is 4.98 Å². The third-order valence-electron chi connectivity index (χ3n) is 4.71. The number of carbonyl (C=O) groups excluding carboxylic acids is 1. The Kier molecular flexibility index (Phi) is 5.81. The number of aldehydes is 1. The third-order valence-corrected chi connectivity index (χ3v) is 4.71. The average molecular weight is 408 g/mol. The van der Waals surface area contributed by atoms with E-state index in [4.69, 9.17) is 0 Å². The zero-order valence-corrected chi connectivity index (χ0v) is 15.7. The molecule has 0 aromatic heterocycles. The van der Waals surface area contributed by atoms with E-state index in [1.165, 1.54) is 17.6 Å². The van der Waals surface area contributed by atoms with Crippen molar-refractivity contribution in [3.8, 4) is 11.5 Å². The second-order valence-corrected chi connectivity index (χ2v) is 6.83. The van der Waals surface area contributed by atoms with Crippen LogP contribution in [0.1, 0.15) is 43.2 Å². The molecule has 0 fully saturated rings. The number of rotatable bonds is 7. The Morgan fingerprint density at radius 1 is 1.10 bits per heavy atom. The Morgan fingerprint density at radius 3 is 2.52 bits per heavy atom. The van der Waals surface area contributed by atoms with E-state index in [1.54, 1.807) is 0 Å². The van der Waals surface area contributed by atoms with Gasteiger partial charge in [0, 0.05) is 13.0 Å². The quantitative estimate of drug-likeness (QED) is 0.368.